The minimum absolute atomic E-state index is 0.123. The van der Waals surface area contributed by atoms with Crippen LogP contribution in [-0.4, -0.2) is 40.3 Å². The second kappa shape index (κ2) is 11.6. The van der Waals surface area contributed by atoms with Crippen molar-refractivity contribution in [3.05, 3.63) is 53.6 Å². The maximum Gasteiger partial charge on any atom is 0.251 e. The van der Waals surface area contributed by atoms with Crippen LogP contribution in [0.5, 0.6) is 5.75 Å². The molecule has 3 N–H and O–H groups in total. The first-order valence-electron chi connectivity index (χ1n) is 8.65. The summed E-state index contributed by atoms with van der Waals surface area (Å²) in [5, 5.41) is 19.2. The molecule has 2 amide bonds. The van der Waals surface area contributed by atoms with Gasteiger partial charge in [-0.05, 0) is 66.8 Å². The molecule has 2 aromatic carbocycles. The number of carbonyl (C=O) groups excluding carboxylic acids is 2. The fourth-order valence-electron chi connectivity index (χ4n) is 2.45. The molecule has 0 spiro atoms. The van der Waals surface area contributed by atoms with Crippen LogP contribution in [0.1, 0.15) is 22.3 Å². The third kappa shape index (κ3) is 7.73. The van der Waals surface area contributed by atoms with E-state index in [2.05, 4.69) is 55.4 Å². The normalized spacial score (nSPS) is 9.66. The fraction of sp³-hybridized carbons (Fsp3) is 0.200. The van der Waals surface area contributed by atoms with E-state index in [1.165, 1.54) is 0 Å². The van der Waals surface area contributed by atoms with Crippen molar-refractivity contribution in [1.82, 2.24) is 10.6 Å². The van der Waals surface area contributed by atoms with Gasteiger partial charge in [-0.3, -0.25) is 9.59 Å². The number of aliphatic imine (C=N–C) groups is 2. The van der Waals surface area contributed by atoms with Crippen molar-refractivity contribution in [1.29, 1.82) is 0 Å². The quantitative estimate of drug-likeness (QED) is 0.324. The number of phenolic OH excluding ortho intramolecular Hbond substituents is 1. The Morgan fingerprint density at radius 1 is 0.931 bits per heavy atom. The highest BCUT2D eigenvalue weighted by Gasteiger charge is 2.09. The molecule has 0 aliphatic heterocycles. The van der Waals surface area contributed by atoms with Crippen molar-refractivity contribution < 1.29 is 14.7 Å². The first-order chi connectivity index (χ1) is 14.0. The van der Waals surface area contributed by atoms with E-state index in [1.807, 2.05) is 0 Å². The predicted octanol–water partition coefficient (Wildman–Crippen LogP) is 3.34. The van der Waals surface area contributed by atoms with Gasteiger partial charge in [0, 0.05) is 25.1 Å². The van der Waals surface area contributed by atoms with Crippen LogP contribution in [0.25, 0.3) is 0 Å². The highest BCUT2D eigenvalue weighted by atomic mass is 32.1. The molecule has 2 aromatic rings. The van der Waals surface area contributed by atoms with Crippen molar-refractivity contribution in [3.8, 4) is 5.75 Å². The van der Waals surface area contributed by atoms with Crippen LogP contribution in [0.3, 0.4) is 0 Å². The summed E-state index contributed by atoms with van der Waals surface area (Å²) in [4.78, 5) is 31.9. The van der Waals surface area contributed by atoms with E-state index in [0.29, 0.717) is 36.3 Å². The fourth-order valence-corrected chi connectivity index (χ4v) is 2.66. The molecule has 0 aliphatic carbocycles. The van der Waals surface area contributed by atoms with Gasteiger partial charge in [-0.2, -0.15) is 9.98 Å². The number of nitrogens with zero attached hydrogens (tertiary/aromatic N) is 2. The zero-order valence-corrected chi connectivity index (χ0v) is 17.0. The molecule has 0 saturated heterocycles. The smallest absolute Gasteiger partial charge is 0.251 e. The van der Waals surface area contributed by atoms with Crippen LogP contribution in [0, 0.1) is 0 Å². The van der Waals surface area contributed by atoms with Crippen molar-refractivity contribution in [2.24, 2.45) is 9.98 Å². The molecule has 0 bridgehead atoms. The molecule has 0 aromatic heterocycles. The first kappa shape index (κ1) is 22.1. The van der Waals surface area contributed by atoms with Gasteiger partial charge in [-0.15, -0.1) is 0 Å². The van der Waals surface area contributed by atoms with Gasteiger partial charge in [0.15, 0.2) is 0 Å². The molecule has 2 rings (SSSR count). The maximum absolute atomic E-state index is 12.3. The second-order valence-electron chi connectivity index (χ2n) is 5.92. The number of hydrogen-bond acceptors (Lipinski definition) is 7. The summed E-state index contributed by atoms with van der Waals surface area (Å²) in [6.45, 7) is 0.555. The van der Waals surface area contributed by atoms with E-state index in [9.17, 15) is 14.7 Å². The summed E-state index contributed by atoms with van der Waals surface area (Å²) in [5.41, 5.74) is 2.15. The lowest BCUT2D eigenvalue weighted by Crippen LogP contribution is -2.34. The van der Waals surface area contributed by atoms with E-state index >= 15 is 0 Å². The number of nitrogens with one attached hydrogen (secondary N) is 2. The molecule has 0 atom stereocenters. The molecule has 0 heterocycles. The highest BCUT2D eigenvalue weighted by molar-refractivity contribution is 7.78. The van der Waals surface area contributed by atoms with Crippen LogP contribution in [0.2, 0.25) is 0 Å². The summed E-state index contributed by atoms with van der Waals surface area (Å²) in [6.07, 6.45) is 0.879. The molecule has 7 nitrogen and oxygen atoms in total. The monoisotopic (exact) mass is 426 g/mol. The lowest BCUT2D eigenvalue weighted by molar-refractivity contribution is -0.121. The van der Waals surface area contributed by atoms with Crippen molar-refractivity contribution >= 4 is 57.9 Å². The average Bonchev–Trinajstić information content (AvgIpc) is 2.71. The van der Waals surface area contributed by atoms with E-state index in [4.69, 9.17) is 0 Å². The Labute approximate surface area is 178 Å². The molecule has 0 fully saturated rings. The number of amides is 2. The van der Waals surface area contributed by atoms with Crippen LogP contribution in [0.4, 0.5) is 11.4 Å². The maximum atomic E-state index is 12.3. The minimum Gasteiger partial charge on any atom is -0.508 e. The lowest BCUT2D eigenvalue weighted by Gasteiger charge is -2.08. The van der Waals surface area contributed by atoms with Gasteiger partial charge in [-0.1, -0.05) is 12.1 Å². The molecule has 0 unspecified atom stereocenters. The largest absolute Gasteiger partial charge is 0.508 e. The molecular weight excluding hydrogens is 408 g/mol. The number of carbonyl (C=O) groups is 2. The number of phenols is 1. The number of hydrogen-bond donors (Lipinski definition) is 3. The number of rotatable bonds is 9. The van der Waals surface area contributed by atoms with Gasteiger partial charge in [-0.25, -0.2) is 0 Å². The second-order valence-corrected chi connectivity index (χ2v) is 6.28. The van der Waals surface area contributed by atoms with E-state index in [0.717, 1.165) is 5.56 Å². The Hall–Kier alpha value is -3.22. The Morgan fingerprint density at radius 2 is 1.52 bits per heavy atom. The molecule has 148 valence electrons. The summed E-state index contributed by atoms with van der Waals surface area (Å²) in [7, 11) is 0. The number of aryl methyl sites for hydroxylation is 1. The van der Waals surface area contributed by atoms with Crippen LogP contribution in [-0.2, 0) is 11.2 Å². The van der Waals surface area contributed by atoms with Gasteiger partial charge in [0.1, 0.15) is 5.75 Å². The zero-order chi connectivity index (χ0) is 21.1. The number of thiocarbonyl (C=S) groups is 2. The van der Waals surface area contributed by atoms with Crippen molar-refractivity contribution in [3.63, 3.8) is 0 Å². The summed E-state index contributed by atoms with van der Waals surface area (Å²) >= 11 is 9.17. The van der Waals surface area contributed by atoms with E-state index < -0.39 is 0 Å². The third-order valence-corrected chi connectivity index (χ3v) is 4.01. The zero-order valence-electron chi connectivity index (χ0n) is 15.3. The number of aromatic hydroxyl groups is 1. The summed E-state index contributed by atoms with van der Waals surface area (Å²) in [6, 6.07) is 11.4. The highest BCUT2D eigenvalue weighted by Crippen LogP contribution is 2.23. The summed E-state index contributed by atoms with van der Waals surface area (Å²) < 4.78 is 0. The van der Waals surface area contributed by atoms with Crippen molar-refractivity contribution in [2.75, 3.05) is 13.1 Å². The molecule has 29 heavy (non-hydrogen) atoms. The van der Waals surface area contributed by atoms with Crippen LogP contribution >= 0.6 is 24.4 Å². The van der Waals surface area contributed by atoms with Gasteiger partial charge in [0.05, 0.1) is 21.7 Å². The third-order valence-electron chi connectivity index (χ3n) is 3.82. The summed E-state index contributed by atoms with van der Waals surface area (Å²) in [5.74, 6) is -0.275. The molecular formula is C20H18N4O3S2. The molecule has 0 aliphatic rings. The van der Waals surface area contributed by atoms with Crippen LogP contribution in [0.15, 0.2) is 52.4 Å². The Morgan fingerprint density at radius 3 is 2.10 bits per heavy atom. The number of isothiocyanates is 2. The standard InChI is InChI=1S/C20H18N4O3S2/c25-18-4-1-14(2-5-18)3-6-19(26)21-7-8-22-20(27)15-9-16(23-12-28)11-17(10-15)24-13-29/h1-2,4-5,9-11,25H,3,6-8H2,(H,21,26)(H,22,27). The van der Waals surface area contributed by atoms with Gasteiger partial charge in [0.25, 0.3) is 5.91 Å². The van der Waals surface area contributed by atoms with E-state index in [1.54, 1.807) is 42.5 Å². The molecule has 9 heteroatoms. The first-order valence-corrected chi connectivity index (χ1v) is 9.47. The Bertz CT molecular complexity index is 943. The SMILES string of the molecule is O=C(CCc1ccc(O)cc1)NCCNC(=O)c1cc(N=C=S)cc(N=C=S)c1. The lowest BCUT2D eigenvalue weighted by atomic mass is 10.1. The van der Waals surface area contributed by atoms with Gasteiger partial charge < -0.3 is 15.7 Å². The van der Waals surface area contributed by atoms with Gasteiger partial charge >= 0.3 is 0 Å². The van der Waals surface area contributed by atoms with Gasteiger partial charge in [0.2, 0.25) is 5.91 Å². The Balaban J connectivity index is 1.80. The average molecular weight is 427 g/mol. The van der Waals surface area contributed by atoms with Crippen molar-refractivity contribution in [2.45, 2.75) is 12.8 Å². The molecule has 0 radical (unpaired) electrons. The topological polar surface area (TPSA) is 103 Å². The predicted molar refractivity (Wildman–Crippen MR) is 118 cm³/mol. The number of benzene rings is 2. The van der Waals surface area contributed by atoms with E-state index in [-0.39, 0.29) is 24.1 Å². The van der Waals surface area contributed by atoms with Crippen LogP contribution < -0.4 is 10.6 Å². The minimum atomic E-state index is -0.342. The molecule has 0 saturated carbocycles. The Kier molecular flexibility index (Phi) is 8.82.